The first-order chi connectivity index (χ1) is 24.4. The van der Waals surface area contributed by atoms with Gasteiger partial charge in [-0.25, -0.2) is 9.69 Å². The number of aromatic amines is 1. The summed E-state index contributed by atoms with van der Waals surface area (Å²) in [5.74, 6) is -0.749. The summed E-state index contributed by atoms with van der Waals surface area (Å²) in [4.78, 5) is 52.1. The summed E-state index contributed by atoms with van der Waals surface area (Å²) in [6.45, 7) is 2.18. The summed E-state index contributed by atoms with van der Waals surface area (Å²) in [5.41, 5.74) is 6.09. The molecule has 1 aliphatic rings. The van der Waals surface area contributed by atoms with Gasteiger partial charge in [0.2, 0.25) is 0 Å². The van der Waals surface area contributed by atoms with E-state index in [1.807, 2.05) is 85.8 Å². The Balaban J connectivity index is 1.14. The molecule has 0 bridgehead atoms. The second-order valence-corrected chi connectivity index (χ2v) is 11.8. The smallest absolute Gasteiger partial charge is 0.333 e. The van der Waals surface area contributed by atoms with E-state index in [9.17, 15) is 19.5 Å². The number of carbonyl (C=O) groups excluding carboxylic acids is 3. The fourth-order valence-corrected chi connectivity index (χ4v) is 5.90. The third-order valence-corrected chi connectivity index (χ3v) is 8.48. The van der Waals surface area contributed by atoms with Crippen LogP contribution in [0.15, 0.2) is 138 Å². The molecule has 1 saturated heterocycles. The van der Waals surface area contributed by atoms with Crippen LogP contribution in [0.2, 0.25) is 0 Å². The van der Waals surface area contributed by atoms with Crippen LogP contribution in [0.3, 0.4) is 0 Å². The quantitative estimate of drug-likeness (QED) is 0.0760. The molecule has 4 aromatic carbocycles. The SMILES string of the molecule is C[C@@H](NC(=O)c1ccc2c(C(=NCc3ccc(N4C(=O)NC(=Cc5ccncc5)C4=O)cc3)c3ccccc3)c(O)[nH]c2c1)c1ccccc1. The lowest BCUT2D eigenvalue weighted by Gasteiger charge is -2.14. The van der Waals surface area contributed by atoms with Gasteiger partial charge in [-0.3, -0.25) is 19.6 Å². The van der Waals surface area contributed by atoms with Gasteiger partial charge in [0.15, 0.2) is 5.88 Å². The first-order valence-electron chi connectivity index (χ1n) is 16.0. The van der Waals surface area contributed by atoms with Gasteiger partial charge in [0, 0.05) is 34.4 Å². The third-order valence-electron chi connectivity index (χ3n) is 8.48. The van der Waals surface area contributed by atoms with Crippen LogP contribution in [0.1, 0.15) is 51.1 Å². The molecule has 4 N–H and O–H groups in total. The molecule has 0 saturated carbocycles. The lowest BCUT2D eigenvalue weighted by Crippen LogP contribution is -2.30. The summed E-state index contributed by atoms with van der Waals surface area (Å²) >= 11 is 0. The number of rotatable bonds is 9. The van der Waals surface area contributed by atoms with Crippen LogP contribution in [0.5, 0.6) is 5.88 Å². The summed E-state index contributed by atoms with van der Waals surface area (Å²) < 4.78 is 0. The number of carbonyl (C=O) groups is 3. The highest BCUT2D eigenvalue weighted by molar-refractivity contribution is 6.28. The number of amides is 4. The van der Waals surface area contributed by atoms with Crippen molar-refractivity contribution in [3.63, 3.8) is 0 Å². The summed E-state index contributed by atoms with van der Waals surface area (Å²) in [7, 11) is 0. The van der Waals surface area contributed by atoms with E-state index >= 15 is 0 Å². The molecule has 246 valence electrons. The van der Waals surface area contributed by atoms with E-state index in [0.717, 1.165) is 27.2 Å². The van der Waals surface area contributed by atoms with E-state index in [1.165, 1.54) is 0 Å². The van der Waals surface area contributed by atoms with Gasteiger partial charge in [0.05, 0.1) is 29.5 Å². The van der Waals surface area contributed by atoms with Crippen LogP contribution in [-0.2, 0) is 11.3 Å². The molecule has 1 aliphatic heterocycles. The third kappa shape index (κ3) is 6.50. The minimum absolute atomic E-state index is 0.0673. The summed E-state index contributed by atoms with van der Waals surface area (Å²) in [6, 6.07) is 34.3. The number of aromatic nitrogens is 2. The topological polar surface area (TPSA) is 140 Å². The number of nitrogens with zero attached hydrogens (tertiary/aromatic N) is 3. The van der Waals surface area contributed by atoms with Crippen LogP contribution in [-0.4, -0.2) is 38.6 Å². The maximum Gasteiger partial charge on any atom is 0.333 e. The van der Waals surface area contributed by atoms with E-state index < -0.39 is 11.9 Å². The highest BCUT2D eigenvalue weighted by Crippen LogP contribution is 2.32. The molecule has 0 spiro atoms. The second kappa shape index (κ2) is 13.7. The van der Waals surface area contributed by atoms with Gasteiger partial charge in [-0.1, -0.05) is 78.9 Å². The molecule has 2 aromatic heterocycles. The number of imide groups is 1. The van der Waals surface area contributed by atoms with Crippen LogP contribution in [0, 0.1) is 0 Å². The molecule has 50 heavy (non-hydrogen) atoms. The first kappa shape index (κ1) is 31.8. The van der Waals surface area contributed by atoms with Gasteiger partial charge in [-0.05, 0) is 66.1 Å². The minimum Gasteiger partial charge on any atom is -0.494 e. The predicted octanol–water partition coefficient (Wildman–Crippen LogP) is 6.89. The standard InChI is InChI=1S/C40H32N6O4/c1-25(28-8-4-2-5-9-28)43-37(47)30-14-17-32-33(23-30)44-38(48)35(32)36(29-10-6-3-7-11-29)42-24-27-12-15-31(16-13-27)46-39(49)34(45-40(46)50)22-26-18-20-41-21-19-26/h2-23,25,44,48H,24H2,1H3,(H,43,47)(H,45,50)/t25-/m1/s1. The molecule has 6 aromatic rings. The van der Waals surface area contributed by atoms with Crippen molar-refractivity contribution in [3.05, 3.63) is 167 Å². The van der Waals surface area contributed by atoms with Gasteiger partial charge in [-0.15, -0.1) is 0 Å². The highest BCUT2D eigenvalue weighted by Gasteiger charge is 2.34. The number of fused-ring (bicyclic) bond motifs is 1. The number of aliphatic imine (C=N–C) groups is 1. The number of aromatic hydroxyl groups is 1. The molecular weight excluding hydrogens is 628 g/mol. The van der Waals surface area contributed by atoms with Gasteiger partial charge in [0.25, 0.3) is 11.8 Å². The average molecular weight is 661 g/mol. The number of hydrogen-bond acceptors (Lipinski definition) is 6. The number of nitrogens with one attached hydrogen (secondary N) is 3. The zero-order chi connectivity index (χ0) is 34.6. The predicted molar refractivity (Wildman–Crippen MR) is 193 cm³/mol. The first-order valence-corrected chi connectivity index (χ1v) is 16.0. The number of H-pyrrole nitrogens is 1. The Morgan fingerprint density at radius 1 is 0.900 bits per heavy atom. The Kier molecular flexibility index (Phi) is 8.73. The zero-order valence-electron chi connectivity index (χ0n) is 27.0. The van der Waals surface area contributed by atoms with Crippen molar-refractivity contribution < 1.29 is 19.5 Å². The molecule has 3 heterocycles. The van der Waals surface area contributed by atoms with Gasteiger partial charge < -0.3 is 20.7 Å². The molecule has 10 nitrogen and oxygen atoms in total. The lowest BCUT2D eigenvalue weighted by atomic mass is 10.00. The average Bonchev–Trinajstić information content (AvgIpc) is 3.62. The van der Waals surface area contributed by atoms with E-state index in [2.05, 4.69) is 20.6 Å². The number of pyridine rings is 1. The van der Waals surface area contributed by atoms with Crippen molar-refractivity contribution in [2.45, 2.75) is 19.5 Å². The Morgan fingerprint density at radius 3 is 2.32 bits per heavy atom. The van der Waals surface area contributed by atoms with Crippen molar-refractivity contribution in [1.29, 1.82) is 0 Å². The van der Waals surface area contributed by atoms with E-state index in [-0.39, 0.29) is 30.1 Å². The lowest BCUT2D eigenvalue weighted by molar-refractivity contribution is -0.113. The largest absolute Gasteiger partial charge is 0.494 e. The van der Waals surface area contributed by atoms with Gasteiger partial charge in [0.1, 0.15) is 5.70 Å². The molecule has 7 rings (SSSR count). The number of urea groups is 1. The summed E-state index contributed by atoms with van der Waals surface area (Å²) in [6.07, 6.45) is 4.83. The molecule has 1 atom stereocenters. The Hall–Kier alpha value is -6.81. The van der Waals surface area contributed by atoms with E-state index in [0.29, 0.717) is 33.4 Å². The number of benzene rings is 4. The van der Waals surface area contributed by atoms with Crippen molar-refractivity contribution in [2.75, 3.05) is 4.90 Å². The van der Waals surface area contributed by atoms with Crippen molar-refractivity contribution in [1.82, 2.24) is 20.6 Å². The maximum absolute atomic E-state index is 13.2. The van der Waals surface area contributed by atoms with Crippen LogP contribution < -0.4 is 15.5 Å². The molecule has 1 fully saturated rings. The fourth-order valence-electron chi connectivity index (χ4n) is 5.90. The van der Waals surface area contributed by atoms with Gasteiger partial charge >= 0.3 is 6.03 Å². The van der Waals surface area contributed by atoms with Crippen LogP contribution in [0.25, 0.3) is 17.0 Å². The Labute approximate surface area is 287 Å². The number of anilines is 1. The van der Waals surface area contributed by atoms with E-state index in [4.69, 9.17) is 4.99 Å². The van der Waals surface area contributed by atoms with Crippen molar-refractivity contribution in [3.8, 4) is 5.88 Å². The normalized spacial score (nSPS) is 14.6. The zero-order valence-corrected chi connectivity index (χ0v) is 27.0. The van der Waals surface area contributed by atoms with Crippen molar-refractivity contribution in [2.24, 2.45) is 4.99 Å². The maximum atomic E-state index is 13.2. The second-order valence-electron chi connectivity index (χ2n) is 11.8. The highest BCUT2D eigenvalue weighted by atomic mass is 16.3. The molecule has 0 unspecified atom stereocenters. The molecule has 0 radical (unpaired) electrons. The van der Waals surface area contributed by atoms with Crippen LogP contribution in [0.4, 0.5) is 10.5 Å². The molecule has 4 amide bonds. The summed E-state index contributed by atoms with van der Waals surface area (Å²) in [5, 5.41) is 17.6. The fraction of sp³-hybridized carbons (Fsp3) is 0.0750. The monoisotopic (exact) mass is 660 g/mol. The number of hydrogen-bond donors (Lipinski definition) is 4. The molecule has 10 heteroatoms. The molecular formula is C40H32N6O4. The molecule has 0 aliphatic carbocycles. The van der Waals surface area contributed by atoms with Crippen LogP contribution >= 0.6 is 0 Å². The Morgan fingerprint density at radius 2 is 1.60 bits per heavy atom. The van der Waals surface area contributed by atoms with E-state index in [1.54, 1.807) is 54.9 Å². The minimum atomic E-state index is -0.534. The van der Waals surface area contributed by atoms with Crippen molar-refractivity contribution >= 4 is 46.2 Å². The Bertz CT molecular complexity index is 2260. The van der Waals surface area contributed by atoms with Gasteiger partial charge in [-0.2, -0.15) is 0 Å².